The number of carbonyl (C=O) groups excluding carboxylic acids is 1. The monoisotopic (exact) mass is 309 g/mol. The van der Waals surface area contributed by atoms with Crippen LogP contribution in [0.5, 0.6) is 0 Å². The van der Waals surface area contributed by atoms with Crippen molar-refractivity contribution in [3.05, 3.63) is 35.1 Å². The number of hydrogen-bond acceptors (Lipinski definition) is 4. The van der Waals surface area contributed by atoms with Gasteiger partial charge < -0.3 is 10.6 Å². The average Bonchev–Trinajstić information content (AvgIpc) is 2.50. The predicted molar refractivity (Wildman–Crippen MR) is 83.2 cm³/mol. The smallest absolute Gasteiger partial charge is 0.239 e. The summed E-state index contributed by atoms with van der Waals surface area (Å²) >= 11 is 1.64. The highest BCUT2D eigenvalue weighted by atomic mass is 32.2. The number of hydrogen-bond donors (Lipinski definition) is 1. The molecule has 0 spiro atoms. The summed E-state index contributed by atoms with van der Waals surface area (Å²) in [6.07, 6.45) is 2.56. The summed E-state index contributed by atoms with van der Waals surface area (Å²) in [6.45, 7) is 2.46. The van der Waals surface area contributed by atoms with Gasteiger partial charge in [0.2, 0.25) is 5.91 Å². The Hall–Kier alpha value is -1.58. The lowest BCUT2D eigenvalue weighted by atomic mass is 10.1. The molecule has 1 amide bonds. The molecule has 0 aliphatic heterocycles. The number of nitrogens with two attached hydrogens (primary N) is 1. The van der Waals surface area contributed by atoms with Crippen LogP contribution in [0.4, 0.5) is 4.39 Å². The molecular formula is C15H20FN3OS. The molecule has 114 valence electrons. The third-order valence-electron chi connectivity index (χ3n) is 3.19. The molecule has 0 bridgehead atoms. The first-order valence-corrected chi connectivity index (χ1v) is 8.14. The number of benzene rings is 1. The van der Waals surface area contributed by atoms with Crippen LogP contribution in [0.25, 0.3) is 0 Å². The van der Waals surface area contributed by atoms with Crippen LogP contribution in [-0.2, 0) is 11.3 Å². The molecule has 1 atom stereocenters. The van der Waals surface area contributed by atoms with Gasteiger partial charge in [0.15, 0.2) is 0 Å². The number of nitriles is 1. The largest absolute Gasteiger partial charge is 0.337 e. The number of halogens is 1. The maximum atomic E-state index is 13.9. The molecular weight excluding hydrogens is 289 g/mol. The molecule has 0 saturated heterocycles. The minimum Gasteiger partial charge on any atom is -0.337 e. The molecule has 0 heterocycles. The first-order chi connectivity index (χ1) is 10.0. The van der Waals surface area contributed by atoms with Gasteiger partial charge in [-0.3, -0.25) is 4.79 Å². The third-order valence-corrected chi connectivity index (χ3v) is 3.83. The van der Waals surface area contributed by atoms with E-state index in [0.717, 1.165) is 5.75 Å². The summed E-state index contributed by atoms with van der Waals surface area (Å²) in [5.41, 5.74) is 6.53. The van der Waals surface area contributed by atoms with Crippen LogP contribution >= 0.6 is 11.8 Å². The SMILES string of the molecule is CCN(Cc1ccc(C#N)cc1F)C(=O)[C@H](N)CCSC. The second kappa shape index (κ2) is 8.65. The summed E-state index contributed by atoms with van der Waals surface area (Å²) in [4.78, 5) is 13.8. The van der Waals surface area contributed by atoms with E-state index in [1.54, 1.807) is 17.8 Å². The Kier molecular flexibility index (Phi) is 7.20. The zero-order valence-corrected chi connectivity index (χ0v) is 13.1. The van der Waals surface area contributed by atoms with E-state index in [-0.39, 0.29) is 18.0 Å². The van der Waals surface area contributed by atoms with Gasteiger partial charge in [0.1, 0.15) is 5.82 Å². The van der Waals surface area contributed by atoms with Gasteiger partial charge in [-0.1, -0.05) is 6.07 Å². The number of rotatable bonds is 7. The van der Waals surface area contributed by atoms with Crippen molar-refractivity contribution in [1.82, 2.24) is 4.90 Å². The zero-order valence-electron chi connectivity index (χ0n) is 12.3. The molecule has 0 aromatic heterocycles. The highest BCUT2D eigenvalue weighted by Gasteiger charge is 2.20. The normalized spacial score (nSPS) is 11.8. The van der Waals surface area contributed by atoms with Crippen LogP contribution in [0, 0.1) is 17.1 Å². The van der Waals surface area contributed by atoms with Crippen molar-refractivity contribution in [2.45, 2.75) is 25.9 Å². The molecule has 1 aromatic rings. The van der Waals surface area contributed by atoms with Crippen molar-refractivity contribution in [3.63, 3.8) is 0 Å². The first kappa shape index (κ1) is 17.5. The average molecular weight is 309 g/mol. The van der Waals surface area contributed by atoms with Crippen LogP contribution in [0.2, 0.25) is 0 Å². The fraction of sp³-hybridized carbons (Fsp3) is 0.467. The summed E-state index contributed by atoms with van der Waals surface area (Å²) in [5, 5.41) is 8.72. The van der Waals surface area contributed by atoms with Crippen LogP contribution in [-0.4, -0.2) is 35.4 Å². The summed E-state index contributed by atoms with van der Waals surface area (Å²) in [5.74, 6) is 0.170. The standard InChI is InChI=1S/C15H20FN3OS/c1-3-19(15(20)14(18)6-7-21-2)10-12-5-4-11(9-17)8-13(12)16/h4-5,8,14H,3,6-7,10,18H2,1-2H3/t14-/m1/s1. The van der Waals surface area contributed by atoms with Crippen LogP contribution in [0.1, 0.15) is 24.5 Å². The topological polar surface area (TPSA) is 70.1 Å². The quantitative estimate of drug-likeness (QED) is 0.837. The fourth-order valence-electron chi connectivity index (χ4n) is 1.90. The summed E-state index contributed by atoms with van der Waals surface area (Å²) in [7, 11) is 0. The van der Waals surface area contributed by atoms with E-state index in [2.05, 4.69) is 0 Å². The molecule has 0 radical (unpaired) electrons. The molecule has 6 heteroatoms. The number of thioether (sulfide) groups is 1. The molecule has 21 heavy (non-hydrogen) atoms. The van der Waals surface area contributed by atoms with Crippen molar-refractivity contribution < 1.29 is 9.18 Å². The Morgan fingerprint density at radius 2 is 2.29 bits per heavy atom. The van der Waals surface area contributed by atoms with Crippen molar-refractivity contribution in [2.24, 2.45) is 5.73 Å². The molecule has 1 rings (SSSR count). The van der Waals surface area contributed by atoms with E-state index in [1.165, 1.54) is 17.0 Å². The molecule has 0 aliphatic rings. The lowest BCUT2D eigenvalue weighted by Crippen LogP contribution is -2.43. The maximum Gasteiger partial charge on any atom is 0.239 e. The molecule has 4 nitrogen and oxygen atoms in total. The maximum absolute atomic E-state index is 13.9. The van der Waals surface area contributed by atoms with Gasteiger partial charge in [-0.05, 0) is 37.5 Å². The molecule has 0 aliphatic carbocycles. The number of likely N-dealkylation sites (N-methyl/N-ethyl adjacent to an activating group) is 1. The van der Waals surface area contributed by atoms with E-state index >= 15 is 0 Å². The van der Waals surface area contributed by atoms with Gasteiger partial charge in [0.25, 0.3) is 0 Å². The summed E-state index contributed by atoms with van der Waals surface area (Å²) < 4.78 is 13.9. The van der Waals surface area contributed by atoms with Crippen molar-refractivity contribution in [3.8, 4) is 6.07 Å². The van der Waals surface area contributed by atoms with Crippen LogP contribution < -0.4 is 5.73 Å². The zero-order chi connectivity index (χ0) is 15.8. The fourth-order valence-corrected chi connectivity index (χ4v) is 2.39. The van der Waals surface area contributed by atoms with Gasteiger partial charge in [-0.25, -0.2) is 4.39 Å². The number of nitrogens with zero attached hydrogens (tertiary/aromatic N) is 2. The van der Waals surface area contributed by atoms with Crippen molar-refractivity contribution >= 4 is 17.7 Å². The lowest BCUT2D eigenvalue weighted by Gasteiger charge is -2.24. The lowest BCUT2D eigenvalue weighted by molar-refractivity contribution is -0.133. The number of carbonyl (C=O) groups is 1. The van der Waals surface area contributed by atoms with E-state index in [9.17, 15) is 9.18 Å². The molecule has 2 N–H and O–H groups in total. The van der Waals surface area contributed by atoms with E-state index in [4.69, 9.17) is 11.0 Å². The Balaban J connectivity index is 2.78. The van der Waals surface area contributed by atoms with Crippen molar-refractivity contribution in [2.75, 3.05) is 18.6 Å². The third kappa shape index (κ3) is 5.03. The minimum atomic E-state index is -0.557. The second-order valence-corrected chi connectivity index (χ2v) is 5.64. The second-order valence-electron chi connectivity index (χ2n) is 4.66. The Morgan fingerprint density at radius 3 is 2.81 bits per heavy atom. The first-order valence-electron chi connectivity index (χ1n) is 6.75. The van der Waals surface area contributed by atoms with Gasteiger partial charge >= 0.3 is 0 Å². The van der Waals surface area contributed by atoms with Gasteiger partial charge in [-0.2, -0.15) is 17.0 Å². The van der Waals surface area contributed by atoms with Gasteiger partial charge in [0.05, 0.1) is 17.7 Å². The Morgan fingerprint density at radius 1 is 1.57 bits per heavy atom. The minimum absolute atomic E-state index is 0.167. The highest BCUT2D eigenvalue weighted by Crippen LogP contribution is 2.14. The Bertz CT molecular complexity index is 530. The van der Waals surface area contributed by atoms with E-state index in [1.807, 2.05) is 19.2 Å². The molecule has 0 fully saturated rings. The molecule has 1 aromatic carbocycles. The summed E-state index contributed by atoms with van der Waals surface area (Å²) in [6, 6.07) is 5.59. The molecule has 0 saturated carbocycles. The van der Waals surface area contributed by atoms with E-state index in [0.29, 0.717) is 18.5 Å². The highest BCUT2D eigenvalue weighted by molar-refractivity contribution is 7.98. The predicted octanol–water partition coefficient (Wildman–Crippen LogP) is 2.13. The van der Waals surface area contributed by atoms with Gasteiger partial charge in [0, 0.05) is 18.7 Å². The molecule has 0 unspecified atom stereocenters. The van der Waals surface area contributed by atoms with Crippen LogP contribution in [0.15, 0.2) is 18.2 Å². The number of amides is 1. The Labute approximate surface area is 129 Å². The van der Waals surface area contributed by atoms with E-state index < -0.39 is 11.9 Å². The van der Waals surface area contributed by atoms with Crippen LogP contribution in [0.3, 0.4) is 0 Å². The van der Waals surface area contributed by atoms with Crippen molar-refractivity contribution in [1.29, 1.82) is 5.26 Å². The van der Waals surface area contributed by atoms with Gasteiger partial charge in [-0.15, -0.1) is 0 Å².